The topological polar surface area (TPSA) is 53.1 Å². The number of aryl methyl sites for hydroxylation is 1. The van der Waals surface area contributed by atoms with E-state index in [2.05, 4.69) is 29.2 Å². The van der Waals surface area contributed by atoms with E-state index in [0.717, 1.165) is 49.7 Å². The lowest BCUT2D eigenvalue weighted by atomic mass is 10.1. The van der Waals surface area contributed by atoms with E-state index in [0.29, 0.717) is 19.4 Å². The van der Waals surface area contributed by atoms with Crippen LogP contribution in [0.15, 0.2) is 54.6 Å². The Morgan fingerprint density at radius 1 is 1.06 bits per heavy atom. The van der Waals surface area contributed by atoms with E-state index in [1.165, 1.54) is 5.56 Å². The number of hydrogen-bond acceptors (Lipinski definition) is 4. The third-order valence-electron chi connectivity index (χ3n) is 6.03. The van der Waals surface area contributed by atoms with Crippen molar-refractivity contribution in [2.75, 3.05) is 50.8 Å². The number of nitrogens with zero attached hydrogens (tertiary/aromatic N) is 3. The highest BCUT2D eigenvalue weighted by atomic mass is 16.5. The molecular weight excluding hydrogens is 402 g/mol. The standard InChI is InChI=1S/C26H31N3O3/c1-21-11-12-23-24(19-21)32-20-26(31)29(23)14-6-10-25(30)28-17-15-27(16-18-28)13-5-9-22-7-3-2-4-8-22/h2-5,7-9,11-12,19H,6,10,13-18,20H2,1H3. The smallest absolute Gasteiger partial charge is 0.265 e. The van der Waals surface area contributed by atoms with Crippen LogP contribution in [0.2, 0.25) is 0 Å². The molecule has 4 rings (SSSR count). The van der Waals surface area contributed by atoms with Gasteiger partial charge in [-0.25, -0.2) is 0 Å². The number of piperazine rings is 1. The maximum Gasteiger partial charge on any atom is 0.265 e. The van der Waals surface area contributed by atoms with Crippen molar-refractivity contribution in [1.29, 1.82) is 0 Å². The lowest BCUT2D eigenvalue weighted by Crippen LogP contribution is -2.48. The van der Waals surface area contributed by atoms with Gasteiger partial charge in [-0.15, -0.1) is 0 Å². The lowest BCUT2D eigenvalue weighted by molar-refractivity contribution is -0.133. The largest absolute Gasteiger partial charge is 0.482 e. The average Bonchev–Trinajstić information content (AvgIpc) is 2.81. The van der Waals surface area contributed by atoms with E-state index in [-0.39, 0.29) is 18.4 Å². The van der Waals surface area contributed by atoms with Crippen LogP contribution in [-0.4, -0.2) is 67.5 Å². The van der Waals surface area contributed by atoms with Gasteiger partial charge in [0.15, 0.2) is 6.61 Å². The van der Waals surface area contributed by atoms with Gasteiger partial charge in [0.1, 0.15) is 5.75 Å². The molecule has 0 atom stereocenters. The van der Waals surface area contributed by atoms with Gasteiger partial charge in [-0.2, -0.15) is 0 Å². The van der Waals surface area contributed by atoms with Gasteiger partial charge in [0.05, 0.1) is 5.69 Å². The Bertz CT molecular complexity index is 966. The minimum Gasteiger partial charge on any atom is -0.482 e. The first-order chi connectivity index (χ1) is 15.6. The van der Waals surface area contributed by atoms with E-state index in [1.807, 2.05) is 48.2 Å². The molecule has 0 radical (unpaired) electrons. The van der Waals surface area contributed by atoms with Gasteiger partial charge >= 0.3 is 0 Å². The molecule has 1 saturated heterocycles. The first-order valence-corrected chi connectivity index (χ1v) is 11.4. The van der Waals surface area contributed by atoms with Crippen LogP contribution in [-0.2, 0) is 9.59 Å². The van der Waals surface area contributed by atoms with Crippen molar-refractivity contribution < 1.29 is 14.3 Å². The van der Waals surface area contributed by atoms with Crippen LogP contribution in [0.4, 0.5) is 5.69 Å². The molecule has 32 heavy (non-hydrogen) atoms. The van der Waals surface area contributed by atoms with Crippen molar-refractivity contribution in [2.24, 2.45) is 0 Å². The number of anilines is 1. The summed E-state index contributed by atoms with van der Waals surface area (Å²) in [4.78, 5) is 31.1. The van der Waals surface area contributed by atoms with Gasteiger partial charge in [0.2, 0.25) is 5.91 Å². The third-order valence-corrected chi connectivity index (χ3v) is 6.03. The van der Waals surface area contributed by atoms with Gasteiger partial charge in [-0.05, 0) is 36.6 Å². The van der Waals surface area contributed by atoms with Crippen molar-refractivity contribution in [3.8, 4) is 5.75 Å². The SMILES string of the molecule is Cc1ccc2c(c1)OCC(=O)N2CCCC(=O)N1CCN(CC=Cc2ccccc2)CC1. The molecule has 2 aliphatic rings. The Morgan fingerprint density at radius 2 is 1.84 bits per heavy atom. The second-order valence-corrected chi connectivity index (χ2v) is 8.40. The molecule has 168 valence electrons. The summed E-state index contributed by atoms with van der Waals surface area (Å²) in [6.45, 7) is 6.79. The molecule has 2 heterocycles. The van der Waals surface area contributed by atoms with Gasteiger partial charge in [-0.3, -0.25) is 14.5 Å². The highest BCUT2D eigenvalue weighted by Gasteiger charge is 2.26. The first-order valence-electron chi connectivity index (χ1n) is 11.4. The van der Waals surface area contributed by atoms with Crippen LogP contribution >= 0.6 is 0 Å². The molecule has 0 bridgehead atoms. The fourth-order valence-corrected chi connectivity index (χ4v) is 4.19. The Hall–Kier alpha value is -3.12. The fraction of sp³-hybridized carbons (Fsp3) is 0.385. The lowest BCUT2D eigenvalue weighted by Gasteiger charge is -2.34. The molecule has 2 aromatic rings. The number of rotatable bonds is 7. The molecule has 1 fully saturated rings. The summed E-state index contributed by atoms with van der Waals surface area (Å²) in [7, 11) is 0. The molecule has 0 aromatic heterocycles. The fourth-order valence-electron chi connectivity index (χ4n) is 4.19. The number of carbonyl (C=O) groups is 2. The predicted octanol–water partition coefficient (Wildman–Crippen LogP) is 3.36. The van der Waals surface area contributed by atoms with Crippen LogP contribution in [0.3, 0.4) is 0 Å². The minimum atomic E-state index is -0.0500. The normalized spacial score (nSPS) is 16.8. The Labute approximate surface area is 190 Å². The minimum absolute atomic E-state index is 0.0500. The second kappa shape index (κ2) is 10.5. The molecule has 6 heteroatoms. The van der Waals surface area contributed by atoms with Crippen LogP contribution < -0.4 is 9.64 Å². The molecule has 0 saturated carbocycles. The Morgan fingerprint density at radius 3 is 2.62 bits per heavy atom. The maximum absolute atomic E-state index is 12.7. The zero-order valence-corrected chi connectivity index (χ0v) is 18.7. The molecule has 0 spiro atoms. The average molecular weight is 434 g/mol. The summed E-state index contributed by atoms with van der Waals surface area (Å²) in [6.07, 6.45) is 5.44. The van der Waals surface area contributed by atoms with Crippen LogP contribution in [0, 0.1) is 6.92 Å². The third kappa shape index (κ3) is 5.56. The number of carbonyl (C=O) groups excluding carboxylic acids is 2. The molecule has 6 nitrogen and oxygen atoms in total. The van der Waals surface area contributed by atoms with Crippen molar-refractivity contribution in [3.63, 3.8) is 0 Å². The summed E-state index contributed by atoms with van der Waals surface area (Å²) in [5.74, 6) is 0.869. The number of hydrogen-bond donors (Lipinski definition) is 0. The molecule has 0 aliphatic carbocycles. The van der Waals surface area contributed by atoms with Gasteiger partial charge in [0.25, 0.3) is 5.91 Å². The Balaban J connectivity index is 1.20. The van der Waals surface area contributed by atoms with Gasteiger partial charge < -0.3 is 14.5 Å². The van der Waals surface area contributed by atoms with E-state index >= 15 is 0 Å². The molecule has 0 unspecified atom stereocenters. The molecule has 2 aromatic carbocycles. The van der Waals surface area contributed by atoms with E-state index in [4.69, 9.17) is 4.74 Å². The van der Waals surface area contributed by atoms with E-state index in [1.54, 1.807) is 4.90 Å². The summed E-state index contributed by atoms with van der Waals surface area (Å²) < 4.78 is 5.56. The second-order valence-electron chi connectivity index (χ2n) is 8.40. The first kappa shape index (κ1) is 22.1. The van der Waals surface area contributed by atoms with Crippen LogP contribution in [0.25, 0.3) is 6.08 Å². The molecule has 2 amide bonds. The van der Waals surface area contributed by atoms with Crippen LogP contribution in [0.5, 0.6) is 5.75 Å². The predicted molar refractivity (Wildman–Crippen MR) is 127 cm³/mol. The monoisotopic (exact) mass is 433 g/mol. The van der Waals surface area contributed by atoms with E-state index in [9.17, 15) is 9.59 Å². The summed E-state index contributed by atoms with van der Waals surface area (Å²) >= 11 is 0. The van der Waals surface area contributed by atoms with E-state index < -0.39 is 0 Å². The molecule has 2 aliphatic heterocycles. The van der Waals surface area contributed by atoms with Crippen molar-refractivity contribution in [3.05, 3.63) is 65.7 Å². The van der Waals surface area contributed by atoms with Gasteiger partial charge in [0, 0.05) is 45.7 Å². The van der Waals surface area contributed by atoms with Gasteiger partial charge in [-0.1, -0.05) is 48.6 Å². The highest BCUT2D eigenvalue weighted by molar-refractivity contribution is 5.97. The van der Waals surface area contributed by atoms with Crippen molar-refractivity contribution in [1.82, 2.24) is 9.80 Å². The maximum atomic E-state index is 12.7. The summed E-state index contributed by atoms with van der Waals surface area (Å²) in [5, 5.41) is 0. The molecular formula is C26H31N3O3. The van der Waals surface area contributed by atoms with Crippen molar-refractivity contribution in [2.45, 2.75) is 19.8 Å². The van der Waals surface area contributed by atoms with Crippen LogP contribution in [0.1, 0.15) is 24.0 Å². The summed E-state index contributed by atoms with van der Waals surface area (Å²) in [6, 6.07) is 16.1. The Kier molecular flexibility index (Phi) is 7.22. The zero-order valence-electron chi connectivity index (χ0n) is 18.7. The zero-order chi connectivity index (χ0) is 22.3. The van der Waals surface area contributed by atoms with Crippen molar-refractivity contribution >= 4 is 23.6 Å². The number of fused-ring (bicyclic) bond motifs is 1. The summed E-state index contributed by atoms with van der Waals surface area (Å²) in [5.41, 5.74) is 3.11. The number of benzene rings is 2. The number of ether oxygens (including phenoxy) is 1. The number of amides is 2. The molecule has 0 N–H and O–H groups in total. The quantitative estimate of drug-likeness (QED) is 0.672. The highest BCUT2D eigenvalue weighted by Crippen LogP contribution is 2.33.